The van der Waals surface area contributed by atoms with E-state index in [1.165, 1.54) is 12.8 Å². The van der Waals surface area contributed by atoms with Gasteiger partial charge in [-0.15, -0.1) is 0 Å². The largest absolute Gasteiger partial charge is 0.382 e. The predicted octanol–water partition coefficient (Wildman–Crippen LogP) is 3.44. The summed E-state index contributed by atoms with van der Waals surface area (Å²) in [5.41, 5.74) is 9.06. The fourth-order valence-electron chi connectivity index (χ4n) is 3.29. The van der Waals surface area contributed by atoms with Crippen LogP contribution >= 0.6 is 0 Å². The first-order chi connectivity index (χ1) is 11.2. The van der Waals surface area contributed by atoms with E-state index < -0.39 is 0 Å². The number of aromatic amines is 1. The van der Waals surface area contributed by atoms with Gasteiger partial charge in [-0.2, -0.15) is 5.10 Å². The molecule has 2 aromatic heterocycles. The van der Waals surface area contributed by atoms with Crippen LogP contribution in [0, 0.1) is 5.92 Å². The average Bonchev–Trinajstić information content (AvgIpc) is 2.97. The first kappa shape index (κ1) is 14.1. The molecule has 5 nitrogen and oxygen atoms in total. The molecule has 3 aromatic rings. The van der Waals surface area contributed by atoms with E-state index in [-0.39, 0.29) is 0 Å². The first-order valence-corrected chi connectivity index (χ1v) is 8.17. The number of anilines is 2. The molecule has 5 heteroatoms. The Morgan fingerprint density at radius 2 is 1.91 bits per heavy atom. The van der Waals surface area contributed by atoms with Gasteiger partial charge in [-0.05, 0) is 30.4 Å². The Labute approximate surface area is 135 Å². The van der Waals surface area contributed by atoms with Gasteiger partial charge < -0.3 is 10.6 Å². The molecule has 118 valence electrons. The number of nitrogens with one attached hydrogen (secondary N) is 1. The van der Waals surface area contributed by atoms with Crippen molar-refractivity contribution < 1.29 is 0 Å². The summed E-state index contributed by atoms with van der Waals surface area (Å²) >= 11 is 0. The Bertz CT molecular complexity index is 816. The lowest BCUT2D eigenvalue weighted by molar-refractivity contribution is 0.437. The van der Waals surface area contributed by atoms with Gasteiger partial charge >= 0.3 is 0 Å². The van der Waals surface area contributed by atoms with Gasteiger partial charge in [-0.25, -0.2) is 4.98 Å². The van der Waals surface area contributed by atoms with Gasteiger partial charge in [0.25, 0.3) is 0 Å². The molecule has 3 heterocycles. The van der Waals surface area contributed by atoms with Crippen LogP contribution in [0.3, 0.4) is 0 Å². The zero-order chi connectivity index (χ0) is 15.8. The molecule has 0 unspecified atom stereocenters. The van der Waals surface area contributed by atoms with Crippen LogP contribution in [-0.4, -0.2) is 28.3 Å². The SMILES string of the molecule is CC1CCN(c2cc(-c3ccccc3)c3c(N)n[nH]c3n2)CC1. The Morgan fingerprint density at radius 1 is 1.17 bits per heavy atom. The number of rotatable bonds is 2. The highest BCUT2D eigenvalue weighted by Gasteiger charge is 2.20. The Kier molecular flexibility index (Phi) is 3.41. The third kappa shape index (κ3) is 2.52. The summed E-state index contributed by atoms with van der Waals surface area (Å²) in [5.74, 6) is 2.31. The van der Waals surface area contributed by atoms with E-state index >= 15 is 0 Å². The van der Waals surface area contributed by atoms with Gasteiger partial charge in [0.05, 0.1) is 5.39 Å². The number of benzene rings is 1. The van der Waals surface area contributed by atoms with E-state index in [0.29, 0.717) is 5.82 Å². The number of nitrogens with two attached hydrogens (primary N) is 1. The second-order valence-electron chi connectivity index (χ2n) is 6.40. The minimum atomic E-state index is 0.505. The summed E-state index contributed by atoms with van der Waals surface area (Å²) in [6, 6.07) is 12.5. The summed E-state index contributed by atoms with van der Waals surface area (Å²) in [7, 11) is 0. The van der Waals surface area contributed by atoms with Gasteiger partial charge in [0.15, 0.2) is 11.5 Å². The minimum absolute atomic E-state index is 0.505. The van der Waals surface area contributed by atoms with Crippen molar-refractivity contribution in [2.45, 2.75) is 19.8 Å². The molecule has 0 aliphatic carbocycles. The highest BCUT2D eigenvalue weighted by molar-refractivity contribution is 6.01. The number of piperidine rings is 1. The van der Waals surface area contributed by atoms with Crippen LogP contribution in [0.2, 0.25) is 0 Å². The van der Waals surface area contributed by atoms with Crippen LogP contribution < -0.4 is 10.6 Å². The van der Waals surface area contributed by atoms with E-state index in [1.807, 2.05) is 18.2 Å². The highest BCUT2D eigenvalue weighted by Crippen LogP contribution is 2.34. The van der Waals surface area contributed by atoms with Crippen molar-refractivity contribution in [2.75, 3.05) is 23.7 Å². The molecule has 1 aliphatic rings. The average molecular weight is 307 g/mol. The van der Waals surface area contributed by atoms with Crippen LogP contribution in [0.15, 0.2) is 36.4 Å². The molecule has 0 amide bonds. The monoisotopic (exact) mass is 307 g/mol. The Hall–Kier alpha value is -2.56. The van der Waals surface area contributed by atoms with E-state index in [1.54, 1.807) is 0 Å². The molecule has 0 spiro atoms. The zero-order valence-corrected chi connectivity index (χ0v) is 13.3. The number of fused-ring (bicyclic) bond motifs is 1. The van der Waals surface area contributed by atoms with Gasteiger partial charge in [-0.3, -0.25) is 5.10 Å². The van der Waals surface area contributed by atoms with E-state index in [4.69, 9.17) is 10.7 Å². The first-order valence-electron chi connectivity index (χ1n) is 8.17. The lowest BCUT2D eigenvalue weighted by atomic mass is 9.98. The molecule has 1 aromatic carbocycles. The van der Waals surface area contributed by atoms with Gasteiger partial charge in [0.1, 0.15) is 5.82 Å². The molecular formula is C18H21N5. The van der Waals surface area contributed by atoms with Crippen LogP contribution in [-0.2, 0) is 0 Å². The molecule has 0 atom stereocenters. The molecule has 23 heavy (non-hydrogen) atoms. The lowest BCUT2D eigenvalue weighted by Gasteiger charge is -2.31. The van der Waals surface area contributed by atoms with Crippen LogP contribution in [0.4, 0.5) is 11.6 Å². The van der Waals surface area contributed by atoms with Crippen LogP contribution in [0.1, 0.15) is 19.8 Å². The molecule has 0 bridgehead atoms. The summed E-state index contributed by atoms with van der Waals surface area (Å²) < 4.78 is 0. The second-order valence-corrected chi connectivity index (χ2v) is 6.40. The maximum Gasteiger partial charge on any atom is 0.160 e. The molecule has 1 aliphatic heterocycles. The van der Waals surface area contributed by atoms with Crippen LogP contribution in [0.5, 0.6) is 0 Å². The van der Waals surface area contributed by atoms with Crippen LogP contribution in [0.25, 0.3) is 22.2 Å². The third-order valence-corrected chi connectivity index (χ3v) is 4.74. The van der Waals surface area contributed by atoms with Gasteiger partial charge in [0, 0.05) is 18.7 Å². The van der Waals surface area contributed by atoms with Crippen molar-refractivity contribution in [3.8, 4) is 11.1 Å². The van der Waals surface area contributed by atoms with Crippen molar-refractivity contribution in [1.29, 1.82) is 0 Å². The zero-order valence-electron chi connectivity index (χ0n) is 13.3. The van der Waals surface area contributed by atoms with E-state index in [0.717, 1.165) is 47.0 Å². The van der Waals surface area contributed by atoms with Crippen molar-refractivity contribution in [2.24, 2.45) is 5.92 Å². The number of nitrogens with zero attached hydrogens (tertiary/aromatic N) is 3. The summed E-state index contributed by atoms with van der Waals surface area (Å²) in [6.07, 6.45) is 2.43. The Balaban J connectivity index is 1.85. The highest BCUT2D eigenvalue weighted by atomic mass is 15.2. The number of nitrogen functional groups attached to an aromatic ring is 1. The van der Waals surface area contributed by atoms with E-state index in [2.05, 4.69) is 40.2 Å². The molecule has 1 fully saturated rings. The lowest BCUT2D eigenvalue weighted by Crippen LogP contribution is -2.33. The summed E-state index contributed by atoms with van der Waals surface area (Å²) in [4.78, 5) is 7.12. The standard InChI is InChI=1S/C18H21N5/c1-12-7-9-23(10-8-12)15-11-14(13-5-3-2-4-6-13)16-17(19)21-22-18(16)20-15/h2-6,11-12H,7-10H2,1H3,(H3,19,20,21,22). The molecular weight excluding hydrogens is 286 g/mol. The quantitative estimate of drug-likeness (QED) is 0.761. The maximum absolute atomic E-state index is 6.07. The summed E-state index contributed by atoms with van der Waals surface area (Å²) in [5, 5.41) is 8.03. The molecule has 3 N–H and O–H groups in total. The number of hydrogen-bond acceptors (Lipinski definition) is 4. The number of pyridine rings is 1. The fourth-order valence-corrected chi connectivity index (χ4v) is 3.29. The van der Waals surface area contributed by atoms with Crippen molar-refractivity contribution in [3.63, 3.8) is 0 Å². The van der Waals surface area contributed by atoms with Crippen molar-refractivity contribution in [1.82, 2.24) is 15.2 Å². The molecule has 0 saturated carbocycles. The molecule has 1 saturated heterocycles. The Morgan fingerprint density at radius 3 is 2.65 bits per heavy atom. The number of aromatic nitrogens is 3. The normalized spacial score (nSPS) is 16.1. The summed E-state index contributed by atoms with van der Waals surface area (Å²) in [6.45, 7) is 4.42. The predicted molar refractivity (Wildman–Crippen MR) is 94.3 cm³/mol. The maximum atomic E-state index is 6.07. The van der Waals surface area contributed by atoms with Crippen molar-refractivity contribution >= 4 is 22.7 Å². The smallest absolute Gasteiger partial charge is 0.160 e. The van der Waals surface area contributed by atoms with Gasteiger partial charge in [0.2, 0.25) is 0 Å². The van der Waals surface area contributed by atoms with Crippen molar-refractivity contribution in [3.05, 3.63) is 36.4 Å². The fraction of sp³-hybridized carbons (Fsp3) is 0.333. The number of H-pyrrole nitrogens is 1. The molecule has 0 radical (unpaired) electrons. The van der Waals surface area contributed by atoms with E-state index in [9.17, 15) is 0 Å². The molecule has 4 rings (SSSR count). The minimum Gasteiger partial charge on any atom is -0.382 e. The second kappa shape index (κ2) is 5.57. The topological polar surface area (TPSA) is 70.8 Å². The third-order valence-electron chi connectivity index (χ3n) is 4.74. The van der Waals surface area contributed by atoms with Gasteiger partial charge in [-0.1, -0.05) is 37.3 Å². The number of hydrogen-bond donors (Lipinski definition) is 2.